The average Bonchev–Trinajstić information content (AvgIpc) is 2.64. The highest BCUT2D eigenvalue weighted by molar-refractivity contribution is 7.97. The Morgan fingerprint density at radius 2 is 2.27 bits per heavy atom. The molecule has 0 saturated carbocycles. The minimum atomic E-state index is 0.455. The van der Waals surface area contributed by atoms with Crippen molar-refractivity contribution in [3.8, 4) is 0 Å². The lowest BCUT2D eigenvalue weighted by atomic mass is 10.2. The Labute approximate surface area is 96.1 Å². The fourth-order valence-corrected chi connectivity index (χ4v) is 1.78. The van der Waals surface area contributed by atoms with Crippen molar-refractivity contribution in [2.24, 2.45) is 0 Å². The van der Waals surface area contributed by atoms with Crippen molar-refractivity contribution in [1.29, 1.82) is 0 Å². The molecule has 1 heterocycles. The van der Waals surface area contributed by atoms with Crippen molar-refractivity contribution in [3.05, 3.63) is 36.3 Å². The van der Waals surface area contributed by atoms with Gasteiger partial charge in [0.1, 0.15) is 11.5 Å². The standard InChI is InChI=1S/C12H19NOS/c1-4-5-10(2)13-8-11-6-7-12(14-11)9-15-3/h4,6-7,10,13H,1,5,8-9H2,2-3H3. The Balaban J connectivity index is 2.33. The van der Waals surface area contributed by atoms with E-state index >= 15 is 0 Å². The first kappa shape index (κ1) is 12.4. The summed E-state index contributed by atoms with van der Waals surface area (Å²) in [4.78, 5) is 0. The quantitative estimate of drug-likeness (QED) is 0.721. The third-order valence-corrected chi connectivity index (χ3v) is 2.72. The maximum atomic E-state index is 5.64. The third-order valence-electron chi connectivity index (χ3n) is 2.15. The predicted molar refractivity (Wildman–Crippen MR) is 67.0 cm³/mol. The van der Waals surface area contributed by atoms with Gasteiger partial charge in [0.15, 0.2) is 0 Å². The van der Waals surface area contributed by atoms with E-state index in [-0.39, 0.29) is 0 Å². The second-order valence-electron chi connectivity index (χ2n) is 3.61. The molecule has 0 aliphatic heterocycles. The van der Waals surface area contributed by atoms with E-state index in [1.165, 1.54) is 0 Å². The van der Waals surface area contributed by atoms with Crippen molar-refractivity contribution < 1.29 is 4.42 Å². The molecule has 0 fully saturated rings. The molecule has 0 radical (unpaired) electrons. The summed E-state index contributed by atoms with van der Waals surface area (Å²) in [6, 6.07) is 4.54. The molecule has 1 aromatic heterocycles. The van der Waals surface area contributed by atoms with Crippen molar-refractivity contribution in [3.63, 3.8) is 0 Å². The molecule has 1 unspecified atom stereocenters. The van der Waals surface area contributed by atoms with Gasteiger partial charge in [-0.1, -0.05) is 6.08 Å². The van der Waals surface area contributed by atoms with Crippen LogP contribution in [0.4, 0.5) is 0 Å². The van der Waals surface area contributed by atoms with Gasteiger partial charge in [0.2, 0.25) is 0 Å². The number of furan rings is 1. The monoisotopic (exact) mass is 225 g/mol. The number of nitrogens with one attached hydrogen (secondary N) is 1. The van der Waals surface area contributed by atoms with E-state index in [1.807, 2.05) is 18.2 Å². The first-order valence-electron chi connectivity index (χ1n) is 5.17. The van der Waals surface area contributed by atoms with Gasteiger partial charge in [0.25, 0.3) is 0 Å². The van der Waals surface area contributed by atoms with Crippen LogP contribution in [0.3, 0.4) is 0 Å². The van der Waals surface area contributed by atoms with Gasteiger partial charge in [-0.05, 0) is 31.7 Å². The summed E-state index contributed by atoms with van der Waals surface area (Å²) in [5.41, 5.74) is 0. The Hall–Kier alpha value is -0.670. The molecule has 1 N–H and O–H groups in total. The molecule has 0 amide bonds. The summed E-state index contributed by atoms with van der Waals surface area (Å²) in [6.07, 6.45) is 4.99. The van der Waals surface area contributed by atoms with Crippen molar-refractivity contribution in [2.75, 3.05) is 6.26 Å². The molecule has 15 heavy (non-hydrogen) atoms. The zero-order valence-electron chi connectivity index (χ0n) is 9.45. The van der Waals surface area contributed by atoms with Crippen LogP contribution in [0.25, 0.3) is 0 Å². The van der Waals surface area contributed by atoms with Gasteiger partial charge in [0, 0.05) is 6.04 Å². The second kappa shape index (κ2) is 6.75. The van der Waals surface area contributed by atoms with Crippen molar-refractivity contribution in [1.82, 2.24) is 5.32 Å². The second-order valence-corrected chi connectivity index (χ2v) is 4.47. The maximum absolute atomic E-state index is 5.64. The highest BCUT2D eigenvalue weighted by atomic mass is 32.2. The van der Waals surface area contributed by atoms with Crippen LogP contribution in [0.1, 0.15) is 24.9 Å². The summed E-state index contributed by atoms with van der Waals surface area (Å²) in [7, 11) is 0. The number of rotatable bonds is 7. The molecule has 0 aliphatic rings. The summed E-state index contributed by atoms with van der Waals surface area (Å²) >= 11 is 1.77. The molecule has 1 aromatic rings. The largest absolute Gasteiger partial charge is 0.464 e. The van der Waals surface area contributed by atoms with Crippen molar-refractivity contribution in [2.45, 2.75) is 31.7 Å². The fourth-order valence-electron chi connectivity index (χ4n) is 1.35. The van der Waals surface area contributed by atoms with Gasteiger partial charge in [0.05, 0.1) is 12.3 Å². The van der Waals surface area contributed by atoms with Crippen LogP contribution in [0, 0.1) is 0 Å². The SMILES string of the molecule is C=CCC(C)NCc1ccc(CSC)o1. The molecule has 1 rings (SSSR count). The van der Waals surface area contributed by atoms with Crippen LogP contribution in [-0.4, -0.2) is 12.3 Å². The minimum absolute atomic E-state index is 0.455. The zero-order chi connectivity index (χ0) is 11.1. The van der Waals surface area contributed by atoms with E-state index in [4.69, 9.17) is 4.42 Å². The van der Waals surface area contributed by atoms with Gasteiger partial charge in [-0.25, -0.2) is 0 Å². The smallest absolute Gasteiger partial charge is 0.118 e. The first-order valence-corrected chi connectivity index (χ1v) is 6.56. The minimum Gasteiger partial charge on any atom is -0.464 e. The molecule has 0 aliphatic carbocycles. The molecule has 2 nitrogen and oxygen atoms in total. The van der Waals surface area contributed by atoms with E-state index in [0.29, 0.717) is 6.04 Å². The molecular weight excluding hydrogens is 206 g/mol. The van der Waals surface area contributed by atoms with Crippen LogP contribution in [0.5, 0.6) is 0 Å². The highest BCUT2D eigenvalue weighted by Gasteiger charge is 2.03. The molecule has 0 bridgehead atoms. The third kappa shape index (κ3) is 4.58. The highest BCUT2D eigenvalue weighted by Crippen LogP contribution is 2.13. The molecule has 1 atom stereocenters. The molecular formula is C12H19NOS. The van der Waals surface area contributed by atoms with Crippen LogP contribution < -0.4 is 5.32 Å². The maximum Gasteiger partial charge on any atom is 0.118 e. The number of hydrogen-bond acceptors (Lipinski definition) is 3. The van der Waals surface area contributed by atoms with E-state index in [1.54, 1.807) is 11.8 Å². The van der Waals surface area contributed by atoms with E-state index in [0.717, 1.165) is 30.2 Å². The van der Waals surface area contributed by atoms with Gasteiger partial charge in [-0.3, -0.25) is 0 Å². The molecule has 0 saturated heterocycles. The molecule has 0 spiro atoms. The fraction of sp³-hybridized carbons (Fsp3) is 0.500. The lowest BCUT2D eigenvalue weighted by molar-refractivity contribution is 0.439. The lowest BCUT2D eigenvalue weighted by Crippen LogP contribution is -2.24. The van der Waals surface area contributed by atoms with Gasteiger partial charge in [-0.2, -0.15) is 11.8 Å². The topological polar surface area (TPSA) is 25.2 Å². The van der Waals surface area contributed by atoms with Gasteiger partial charge < -0.3 is 9.73 Å². The Bertz CT molecular complexity index is 296. The molecule has 84 valence electrons. The Kier molecular flexibility index (Phi) is 5.58. The first-order chi connectivity index (χ1) is 7.26. The van der Waals surface area contributed by atoms with E-state index < -0.39 is 0 Å². The van der Waals surface area contributed by atoms with Crippen LogP contribution in [0.2, 0.25) is 0 Å². The molecule has 0 aromatic carbocycles. The number of hydrogen-bond donors (Lipinski definition) is 1. The van der Waals surface area contributed by atoms with Crippen LogP contribution in [0.15, 0.2) is 29.2 Å². The van der Waals surface area contributed by atoms with E-state index in [9.17, 15) is 0 Å². The number of thioether (sulfide) groups is 1. The Morgan fingerprint density at radius 3 is 2.93 bits per heavy atom. The normalized spacial score (nSPS) is 12.7. The summed E-state index contributed by atoms with van der Waals surface area (Å²) in [6.45, 7) is 6.66. The van der Waals surface area contributed by atoms with Gasteiger partial charge >= 0.3 is 0 Å². The van der Waals surface area contributed by atoms with Crippen LogP contribution >= 0.6 is 11.8 Å². The van der Waals surface area contributed by atoms with Gasteiger partial charge in [-0.15, -0.1) is 6.58 Å². The Morgan fingerprint density at radius 1 is 1.53 bits per heavy atom. The zero-order valence-corrected chi connectivity index (χ0v) is 10.3. The van der Waals surface area contributed by atoms with Crippen molar-refractivity contribution >= 4 is 11.8 Å². The predicted octanol–water partition coefficient (Wildman–Crippen LogP) is 3.20. The molecule has 3 heteroatoms. The lowest BCUT2D eigenvalue weighted by Gasteiger charge is -2.09. The summed E-state index contributed by atoms with van der Waals surface area (Å²) < 4.78 is 5.64. The van der Waals surface area contributed by atoms with Crippen LogP contribution in [-0.2, 0) is 12.3 Å². The van der Waals surface area contributed by atoms with E-state index in [2.05, 4.69) is 25.1 Å². The summed E-state index contributed by atoms with van der Waals surface area (Å²) in [5, 5.41) is 3.38. The average molecular weight is 225 g/mol. The summed E-state index contributed by atoms with van der Waals surface area (Å²) in [5.74, 6) is 3.01.